The molecule has 6 heteroatoms. The summed E-state index contributed by atoms with van der Waals surface area (Å²) in [5.74, 6) is -1.24. The number of nitriles is 1. The molecule has 0 aliphatic rings. The van der Waals surface area contributed by atoms with Crippen molar-refractivity contribution in [1.29, 1.82) is 5.26 Å². The third-order valence-corrected chi connectivity index (χ3v) is 1.78. The average molecular weight is 208 g/mol. The monoisotopic (exact) mass is 208 g/mol. The molecule has 0 aliphatic carbocycles. The summed E-state index contributed by atoms with van der Waals surface area (Å²) in [4.78, 5) is 14.1. The molecule has 0 aliphatic heterocycles. The molecule has 0 bridgehead atoms. The van der Waals surface area contributed by atoms with Crippen molar-refractivity contribution in [3.8, 4) is 6.07 Å². The molecule has 0 spiro atoms. The van der Waals surface area contributed by atoms with Crippen LogP contribution in [0.25, 0.3) is 0 Å². The molecule has 0 aromatic carbocycles. The molecule has 78 valence electrons. The van der Waals surface area contributed by atoms with Gasteiger partial charge in [-0.15, -0.1) is 0 Å². The molecule has 3 N–H and O–H groups in total. The van der Waals surface area contributed by atoms with E-state index in [1.807, 2.05) is 0 Å². The molecule has 0 saturated carbocycles. The minimum absolute atomic E-state index is 0.136. The SMILES string of the molecule is N#CC(O)C(O)c1ccnc(C(=O)O)c1. The zero-order chi connectivity index (χ0) is 11.4. The van der Waals surface area contributed by atoms with E-state index in [2.05, 4.69) is 4.98 Å². The number of hydrogen-bond acceptors (Lipinski definition) is 5. The van der Waals surface area contributed by atoms with E-state index in [9.17, 15) is 9.90 Å². The second-order valence-corrected chi connectivity index (χ2v) is 2.80. The van der Waals surface area contributed by atoms with Crippen LogP contribution < -0.4 is 0 Å². The van der Waals surface area contributed by atoms with Crippen LogP contribution in [-0.2, 0) is 0 Å². The third kappa shape index (κ3) is 2.49. The highest BCUT2D eigenvalue weighted by Gasteiger charge is 2.18. The lowest BCUT2D eigenvalue weighted by Gasteiger charge is -2.11. The number of pyridine rings is 1. The summed E-state index contributed by atoms with van der Waals surface area (Å²) in [6.07, 6.45) is -1.84. The second-order valence-electron chi connectivity index (χ2n) is 2.80. The van der Waals surface area contributed by atoms with E-state index in [1.165, 1.54) is 18.3 Å². The summed E-state index contributed by atoms with van der Waals surface area (Å²) in [5.41, 5.74) is -0.117. The second kappa shape index (κ2) is 4.50. The van der Waals surface area contributed by atoms with Gasteiger partial charge in [-0.05, 0) is 17.7 Å². The molecule has 0 saturated heterocycles. The molecular formula is C9H8N2O4. The van der Waals surface area contributed by atoms with Gasteiger partial charge in [0, 0.05) is 6.20 Å². The summed E-state index contributed by atoms with van der Waals surface area (Å²) < 4.78 is 0. The van der Waals surface area contributed by atoms with E-state index < -0.39 is 18.2 Å². The number of carboxylic acids is 1. The fourth-order valence-corrected chi connectivity index (χ4v) is 1.00. The van der Waals surface area contributed by atoms with Crippen molar-refractivity contribution in [2.45, 2.75) is 12.2 Å². The Kier molecular flexibility index (Phi) is 3.33. The number of nitrogens with zero attached hydrogens (tertiary/aromatic N) is 2. The molecule has 0 radical (unpaired) electrons. The van der Waals surface area contributed by atoms with Crippen molar-refractivity contribution in [1.82, 2.24) is 4.98 Å². The van der Waals surface area contributed by atoms with Crippen molar-refractivity contribution in [3.05, 3.63) is 29.6 Å². The van der Waals surface area contributed by atoms with Crippen LogP contribution in [0.15, 0.2) is 18.3 Å². The quantitative estimate of drug-likeness (QED) is 0.587. The van der Waals surface area contributed by atoms with Crippen LogP contribution in [0.5, 0.6) is 0 Å². The van der Waals surface area contributed by atoms with Crippen molar-refractivity contribution < 1.29 is 20.1 Å². The summed E-state index contributed by atoms with van der Waals surface area (Å²) in [6, 6.07) is 3.89. The van der Waals surface area contributed by atoms with E-state index >= 15 is 0 Å². The highest BCUT2D eigenvalue weighted by Crippen LogP contribution is 2.16. The Balaban J connectivity index is 3.01. The van der Waals surface area contributed by atoms with Gasteiger partial charge in [-0.25, -0.2) is 9.78 Å². The van der Waals surface area contributed by atoms with Crippen LogP contribution in [0.1, 0.15) is 22.2 Å². The zero-order valence-corrected chi connectivity index (χ0v) is 7.53. The van der Waals surface area contributed by atoms with Crippen molar-refractivity contribution >= 4 is 5.97 Å². The first-order chi connectivity index (χ1) is 7.06. The molecule has 1 aromatic rings. The number of aliphatic hydroxyl groups is 2. The summed E-state index contributed by atoms with van der Waals surface area (Å²) >= 11 is 0. The Morgan fingerprint density at radius 3 is 2.73 bits per heavy atom. The molecule has 1 rings (SSSR count). The molecule has 1 aromatic heterocycles. The Labute approximate surface area is 85.0 Å². The topological polar surface area (TPSA) is 114 Å². The molecular weight excluding hydrogens is 200 g/mol. The standard InChI is InChI=1S/C9H8N2O4/c10-4-7(12)8(13)5-1-2-11-6(3-5)9(14)15/h1-3,7-8,12-13H,(H,14,15). The van der Waals surface area contributed by atoms with Gasteiger partial charge in [0.25, 0.3) is 0 Å². The highest BCUT2D eigenvalue weighted by atomic mass is 16.4. The van der Waals surface area contributed by atoms with E-state index in [0.29, 0.717) is 0 Å². The number of carboxylic acid groups (broad SMARTS) is 1. The average Bonchev–Trinajstić information content (AvgIpc) is 2.27. The molecule has 2 unspecified atom stereocenters. The van der Waals surface area contributed by atoms with Gasteiger partial charge in [0.15, 0.2) is 6.10 Å². The molecule has 15 heavy (non-hydrogen) atoms. The minimum atomic E-state index is -1.59. The number of carbonyl (C=O) groups is 1. The normalized spacial score (nSPS) is 13.9. The van der Waals surface area contributed by atoms with Gasteiger partial charge >= 0.3 is 5.97 Å². The first kappa shape index (κ1) is 11.1. The summed E-state index contributed by atoms with van der Waals surface area (Å²) in [5, 5.41) is 35.4. The number of hydrogen-bond donors (Lipinski definition) is 3. The van der Waals surface area contributed by atoms with E-state index in [4.69, 9.17) is 15.5 Å². The Bertz CT molecular complexity index is 413. The molecule has 0 amide bonds. The maximum atomic E-state index is 10.5. The fourth-order valence-electron chi connectivity index (χ4n) is 1.00. The van der Waals surface area contributed by atoms with Crippen LogP contribution in [0.3, 0.4) is 0 Å². The minimum Gasteiger partial charge on any atom is -0.477 e. The maximum Gasteiger partial charge on any atom is 0.354 e. The molecule has 6 nitrogen and oxygen atoms in total. The van der Waals surface area contributed by atoms with Crippen LogP contribution in [0, 0.1) is 11.3 Å². The number of rotatable bonds is 3. The summed E-state index contributed by atoms with van der Waals surface area (Å²) in [6.45, 7) is 0. The van der Waals surface area contributed by atoms with Gasteiger partial charge in [-0.3, -0.25) is 0 Å². The van der Waals surface area contributed by atoms with E-state index in [1.54, 1.807) is 0 Å². The number of aliphatic hydroxyl groups excluding tert-OH is 2. The van der Waals surface area contributed by atoms with Gasteiger partial charge in [-0.2, -0.15) is 5.26 Å². The largest absolute Gasteiger partial charge is 0.477 e. The lowest BCUT2D eigenvalue weighted by Crippen LogP contribution is -2.16. The summed E-state index contributed by atoms with van der Waals surface area (Å²) in [7, 11) is 0. The zero-order valence-electron chi connectivity index (χ0n) is 7.53. The van der Waals surface area contributed by atoms with Gasteiger partial charge < -0.3 is 15.3 Å². The van der Waals surface area contributed by atoms with Gasteiger partial charge in [0.2, 0.25) is 0 Å². The highest BCUT2D eigenvalue weighted by molar-refractivity contribution is 5.85. The first-order valence-corrected chi connectivity index (χ1v) is 4.01. The fraction of sp³-hybridized carbons (Fsp3) is 0.222. The predicted octanol–water partition coefficient (Wildman–Crippen LogP) is -0.302. The van der Waals surface area contributed by atoms with Gasteiger partial charge in [-0.1, -0.05) is 0 Å². The lowest BCUT2D eigenvalue weighted by atomic mass is 10.1. The van der Waals surface area contributed by atoms with E-state index in [-0.39, 0.29) is 11.3 Å². The molecule has 1 heterocycles. The Hall–Kier alpha value is -1.97. The Morgan fingerprint density at radius 2 is 2.20 bits per heavy atom. The van der Waals surface area contributed by atoms with Gasteiger partial charge in [0.1, 0.15) is 11.8 Å². The van der Waals surface area contributed by atoms with Crippen LogP contribution in [0.4, 0.5) is 0 Å². The van der Waals surface area contributed by atoms with Crippen molar-refractivity contribution in [2.24, 2.45) is 0 Å². The predicted molar refractivity (Wildman–Crippen MR) is 47.8 cm³/mol. The first-order valence-electron chi connectivity index (χ1n) is 4.01. The smallest absolute Gasteiger partial charge is 0.354 e. The molecule has 2 atom stereocenters. The maximum absolute atomic E-state index is 10.5. The van der Waals surface area contributed by atoms with E-state index in [0.717, 1.165) is 6.07 Å². The van der Waals surface area contributed by atoms with Crippen LogP contribution in [0.2, 0.25) is 0 Å². The van der Waals surface area contributed by atoms with Crippen molar-refractivity contribution in [2.75, 3.05) is 0 Å². The lowest BCUT2D eigenvalue weighted by molar-refractivity contribution is 0.0524. The number of aromatic carboxylic acids is 1. The molecule has 0 fully saturated rings. The van der Waals surface area contributed by atoms with Crippen LogP contribution >= 0.6 is 0 Å². The Morgan fingerprint density at radius 1 is 1.53 bits per heavy atom. The number of aromatic nitrogens is 1. The third-order valence-electron chi connectivity index (χ3n) is 1.78. The van der Waals surface area contributed by atoms with Crippen LogP contribution in [-0.4, -0.2) is 32.4 Å². The van der Waals surface area contributed by atoms with Gasteiger partial charge in [0.05, 0.1) is 6.07 Å². The van der Waals surface area contributed by atoms with Crippen molar-refractivity contribution in [3.63, 3.8) is 0 Å².